The van der Waals surface area contributed by atoms with Crippen LogP contribution >= 0.6 is 0 Å². The van der Waals surface area contributed by atoms with E-state index in [-0.39, 0.29) is 24.0 Å². The van der Waals surface area contributed by atoms with Gasteiger partial charge >= 0.3 is 0 Å². The first-order valence-corrected chi connectivity index (χ1v) is 5.45. The molecule has 1 rings (SSSR count). The van der Waals surface area contributed by atoms with Crippen molar-refractivity contribution >= 4 is 0 Å². The first-order valence-electron chi connectivity index (χ1n) is 5.45. The van der Waals surface area contributed by atoms with Crippen molar-refractivity contribution in [3.8, 4) is 0 Å². The number of unbranched alkanes of at least 4 members (excludes halogenated alkanes) is 4. The Labute approximate surface area is 109 Å². The topological polar surface area (TPSA) is 29.0 Å². The van der Waals surface area contributed by atoms with E-state index in [2.05, 4.69) is 27.9 Å². The zero-order chi connectivity index (χ0) is 10.2. The van der Waals surface area contributed by atoms with E-state index < -0.39 is 0 Å². The maximum Gasteiger partial charge on any atom is 0.243 e. The Morgan fingerprint density at radius 1 is 1.13 bits per heavy atom. The highest BCUT2D eigenvalue weighted by atomic mass is 127. The molecule has 0 bridgehead atoms. The minimum Gasteiger partial charge on any atom is -1.00 e. The summed E-state index contributed by atoms with van der Waals surface area (Å²) >= 11 is 0. The summed E-state index contributed by atoms with van der Waals surface area (Å²) in [6.07, 6.45) is 12.1. The van der Waals surface area contributed by atoms with Crippen molar-refractivity contribution in [2.75, 3.05) is 6.61 Å². The van der Waals surface area contributed by atoms with Gasteiger partial charge in [0.05, 0.1) is 13.6 Å². The van der Waals surface area contributed by atoms with Gasteiger partial charge in [0, 0.05) is 6.61 Å². The van der Waals surface area contributed by atoms with Crippen LogP contribution in [0.2, 0.25) is 0 Å². The quantitative estimate of drug-likeness (QED) is 0.360. The molecule has 3 nitrogen and oxygen atoms in total. The molecular weight excluding hydrogens is 303 g/mol. The molecule has 15 heavy (non-hydrogen) atoms. The van der Waals surface area contributed by atoms with Gasteiger partial charge in [0.2, 0.25) is 6.33 Å². The number of rotatable bonds is 7. The number of hydrogen-bond donors (Lipinski definition) is 1. The van der Waals surface area contributed by atoms with Crippen molar-refractivity contribution in [1.82, 2.24) is 4.57 Å². The molecule has 0 spiro atoms. The predicted molar refractivity (Wildman–Crippen MR) is 55.8 cm³/mol. The average Bonchev–Trinajstić information content (AvgIpc) is 2.58. The molecule has 1 N–H and O–H groups in total. The normalized spacial score (nSPS) is 10.0. The molecule has 1 heterocycles. The molecule has 0 aromatic carbocycles. The third-order valence-corrected chi connectivity index (χ3v) is 2.40. The molecule has 0 saturated heterocycles. The highest BCUT2D eigenvalue weighted by Gasteiger charge is 1.98. The van der Waals surface area contributed by atoms with E-state index in [1.165, 1.54) is 19.3 Å². The van der Waals surface area contributed by atoms with Gasteiger partial charge in [-0.1, -0.05) is 12.8 Å². The second-order valence-electron chi connectivity index (χ2n) is 3.81. The van der Waals surface area contributed by atoms with Crippen LogP contribution in [0.15, 0.2) is 18.7 Å². The highest BCUT2D eigenvalue weighted by Crippen LogP contribution is 2.01. The molecular formula is C11H21IN2O. The zero-order valence-corrected chi connectivity index (χ0v) is 11.6. The Morgan fingerprint density at radius 2 is 1.80 bits per heavy atom. The van der Waals surface area contributed by atoms with Crippen LogP contribution < -0.4 is 28.5 Å². The van der Waals surface area contributed by atoms with Crippen LogP contribution in [0.25, 0.3) is 0 Å². The molecule has 1 aromatic heterocycles. The molecule has 1 aromatic rings. The van der Waals surface area contributed by atoms with E-state index in [1.807, 2.05) is 7.05 Å². The summed E-state index contributed by atoms with van der Waals surface area (Å²) in [5, 5.41) is 8.60. The number of nitrogens with zero attached hydrogens (tertiary/aromatic N) is 2. The number of aryl methyl sites for hydroxylation is 2. The molecule has 88 valence electrons. The Kier molecular flexibility index (Phi) is 9.09. The van der Waals surface area contributed by atoms with E-state index in [0.717, 1.165) is 19.4 Å². The first-order chi connectivity index (χ1) is 6.83. The lowest BCUT2D eigenvalue weighted by Crippen LogP contribution is -3.00. The van der Waals surface area contributed by atoms with Gasteiger partial charge in [0.1, 0.15) is 12.4 Å². The fourth-order valence-corrected chi connectivity index (χ4v) is 1.57. The van der Waals surface area contributed by atoms with E-state index >= 15 is 0 Å². The monoisotopic (exact) mass is 324 g/mol. The molecule has 4 heteroatoms. The van der Waals surface area contributed by atoms with Gasteiger partial charge in [-0.25, -0.2) is 9.13 Å². The fourth-order valence-electron chi connectivity index (χ4n) is 1.57. The number of aromatic nitrogens is 2. The largest absolute Gasteiger partial charge is 1.00 e. The number of aliphatic hydroxyl groups excluding tert-OH is 1. The molecule has 0 aliphatic carbocycles. The van der Waals surface area contributed by atoms with E-state index in [0.29, 0.717) is 6.61 Å². The summed E-state index contributed by atoms with van der Waals surface area (Å²) in [7, 11) is 2.04. The van der Waals surface area contributed by atoms with Gasteiger partial charge in [-0.05, 0) is 19.3 Å². The maximum absolute atomic E-state index is 8.60. The third kappa shape index (κ3) is 6.89. The van der Waals surface area contributed by atoms with Crippen molar-refractivity contribution in [3.05, 3.63) is 18.7 Å². The Balaban J connectivity index is 0.00000196. The van der Waals surface area contributed by atoms with Crippen molar-refractivity contribution in [2.45, 2.75) is 38.6 Å². The van der Waals surface area contributed by atoms with Crippen molar-refractivity contribution < 1.29 is 33.7 Å². The van der Waals surface area contributed by atoms with Crippen LogP contribution in [0.1, 0.15) is 32.1 Å². The van der Waals surface area contributed by atoms with Crippen LogP contribution in [-0.2, 0) is 13.6 Å². The summed E-state index contributed by atoms with van der Waals surface area (Å²) in [5.74, 6) is 0. The lowest BCUT2D eigenvalue weighted by molar-refractivity contribution is -0.696. The van der Waals surface area contributed by atoms with E-state index in [1.54, 1.807) is 0 Å². The molecule has 0 amide bonds. The van der Waals surface area contributed by atoms with Gasteiger partial charge in [0.15, 0.2) is 0 Å². The van der Waals surface area contributed by atoms with Gasteiger partial charge in [-0.15, -0.1) is 0 Å². The zero-order valence-electron chi connectivity index (χ0n) is 9.40. The van der Waals surface area contributed by atoms with E-state index in [4.69, 9.17) is 5.11 Å². The summed E-state index contributed by atoms with van der Waals surface area (Å²) in [5.41, 5.74) is 0. The van der Waals surface area contributed by atoms with Gasteiger partial charge in [-0.3, -0.25) is 0 Å². The third-order valence-electron chi connectivity index (χ3n) is 2.40. The second-order valence-corrected chi connectivity index (χ2v) is 3.81. The standard InChI is InChI=1S/C11H21N2O.HI/c1-12-8-9-13(11-12)7-5-3-2-4-6-10-14;/h8-9,11,14H,2-7,10H2,1H3;1H/q+1;/p-1. The predicted octanol–water partition coefficient (Wildman–Crippen LogP) is -1.74. The molecule has 0 radical (unpaired) electrons. The highest BCUT2D eigenvalue weighted by molar-refractivity contribution is 4.61. The van der Waals surface area contributed by atoms with Crippen LogP contribution in [0, 0.1) is 0 Å². The molecule has 0 aliphatic heterocycles. The Hall–Kier alpha value is -0.100. The van der Waals surface area contributed by atoms with Gasteiger partial charge in [-0.2, -0.15) is 0 Å². The van der Waals surface area contributed by atoms with Crippen LogP contribution in [0.3, 0.4) is 0 Å². The molecule has 0 atom stereocenters. The average molecular weight is 324 g/mol. The lowest BCUT2D eigenvalue weighted by atomic mass is 10.1. The van der Waals surface area contributed by atoms with Crippen LogP contribution in [0.4, 0.5) is 0 Å². The number of imidazole rings is 1. The van der Waals surface area contributed by atoms with Crippen LogP contribution in [-0.4, -0.2) is 16.3 Å². The Bertz CT molecular complexity index is 250. The minimum atomic E-state index is 0. The maximum atomic E-state index is 8.60. The summed E-state index contributed by atoms with van der Waals surface area (Å²) < 4.78 is 4.28. The van der Waals surface area contributed by atoms with Crippen molar-refractivity contribution in [2.24, 2.45) is 7.05 Å². The lowest BCUT2D eigenvalue weighted by Gasteiger charge is -1.98. The number of aliphatic hydroxyl groups is 1. The summed E-state index contributed by atoms with van der Waals surface area (Å²) in [6.45, 7) is 1.45. The summed E-state index contributed by atoms with van der Waals surface area (Å²) in [6, 6.07) is 0. The summed E-state index contributed by atoms with van der Waals surface area (Å²) in [4.78, 5) is 0. The van der Waals surface area contributed by atoms with Gasteiger partial charge < -0.3 is 29.1 Å². The molecule has 0 aliphatic rings. The minimum absolute atomic E-state index is 0. The van der Waals surface area contributed by atoms with Crippen LogP contribution in [0.5, 0.6) is 0 Å². The molecule has 0 unspecified atom stereocenters. The molecule has 0 fully saturated rings. The van der Waals surface area contributed by atoms with Gasteiger partial charge in [0.25, 0.3) is 0 Å². The smallest absolute Gasteiger partial charge is 0.243 e. The fraction of sp³-hybridized carbons (Fsp3) is 0.727. The SMILES string of the molecule is Cn1cc[n+](CCCCCCCO)c1.[I-]. The Morgan fingerprint density at radius 3 is 2.40 bits per heavy atom. The molecule has 0 saturated carbocycles. The second kappa shape index (κ2) is 9.15. The van der Waals surface area contributed by atoms with Crippen molar-refractivity contribution in [1.29, 1.82) is 0 Å². The number of halogens is 1. The first kappa shape index (κ1) is 14.9. The van der Waals surface area contributed by atoms with E-state index in [9.17, 15) is 0 Å². The number of hydrogen-bond acceptors (Lipinski definition) is 1. The van der Waals surface area contributed by atoms with Crippen molar-refractivity contribution in [3.63, 3.8) is 0 Å².